The number of esters is 2. The first kappa shape index (κ1) is 66.7. The molecule has 0 fully saturated rings. The van der Waals surface area contributed by atoms with E-state index in [1.165, 1.54) is 77.0 Å². The third-order valence-corrected chi connectivity index (χ3v) is 11.2. The maximum absolute atomic E-state index is 12.8. The summed E-state index contributed by atoms with van der Waals surface area (Å²) in [5.41, 5.74) is 0. The third kappa shape index (κ3) is 53.3. The number of unbranched alkanes of at least 4 members (excludes halogenated alkanes) is 15. The summed E-state index contributed by atoms with van der Waals surface area (Å²) in [6, 6.07) is 0. The molecule has 71 heavy (non-hydrogen) atoms. The van der Waals surface area contributed by atoms with Crippen LogP contribution >= 0.6 is 0 Å². The van der Waals surface area contributed by atoms with Gasteiger partial charge in [0.05, 0.1) is 40.8 Å². The molecule has 0 aliphatic carbocycles. The van der Waals surface area contributed by atoms with Gasteiger partial charge in [0.1, 0.15) is 13.2 Å². The molecule has 0 aromatic heterocycles. The Hall–Kier alpha value is -4.31. The molecule has 0 spiro atoms. The normalized spacial score (nSPS) is 13.8. The third-order valence-electron chi connectivity index (χ3n) is 11.2. The second-order valence-electron chi connectivity index (χ2n) is 19.1. The standard InChI is InChI=1S/C62H101NO8/c1-6-8-10-12-14-16-18-20-22-23-24-25-26-27-28-29-30-31-32-33-34-35-36-37-39-41-43-45-47-49-51-53-60(65)71-58(57-70-62(61(66)67)68-55-54-63(3,4)5)56-69-59(64)52-50-48-46-44-42-40-38-21-19-17-15-13-11-9-7-2/h8-11,14-17,20-22,24-25,27-28,38,42,44,48,50,58,62H,6-7,12-13,18-19,23,26,29-37,39-41,43,45-47,49,51-57H2,1-5H3/p+1/b10-8-,11-9-,16-14-,17-15-,22-20-,25-24-,28-27-,38-21-,44-42-,50-48-. The lowest BCUT2D eigenvalue weighted by atomic mass is 10.0. The minimum absolute atomic E-state index is 0.0648. The van der Waals surface area contributed by atoms with Crippen LogP contribution in [0.15, 0.2) is 122 Å². The monoisotopic (exact) mass is 989 g/mol. The van der Waals surface area contributed by atoms with Crippen molar-refractivity contribution >= 4 is 17.9 Å². The van der Waals surface area contributed by atoms with Crippen LogP contribution in [0.2, 0.25) is 0 Å². The van der Waals surface area contributed by atoms with Crippen LogP contribution in [0.25, 0.3) is 0 Å². The Labute approximate surface area is 434 Å². The number of ether oxygens (including phenoxy) is 4. The van der Waals surface area contributed by atoms with Crippen LogP contribution in [0.4, 0.5) is 0 Å². The maximum Gasteiger partial charge on any atom is 0.361 e. The van der Waals surface area contributed by atoms with E-state index in [4.69, 9.17) is 18.9 Å². The first-order chi connectivity index (χ1) is 34.6. The zero-order valence-electron chi connectivity index (χ0n) is 45.6. The van der Waals surface area contributed by atoms with Gasteiger partial charge in [-0.3, -0.25) is 9.59 Å². The molecule has 0 radical (unpaired) electrons. The van der Waals surface area contributed by atoms with E-state index in [9.17, 15) is 19.5 Å². The zero-order chi connectivity index (χ0) is 52.0. The molecule has 402 valence electrons. The van der Waals surface area contributed by atoms with Crippen LogP contribution in [0.1, 0.15) is 194 Å². The Morgan fingerprint density at radius 1 is 0.437 bits per heavy atom. The predicted molar refractivity (Wildman–Crippen MR) is 299 cm³/mol. The lowest BCUT2D eigenvalue weighted by Gasteiger charge is -2.25. The molecule has 0 heterocycles. The molecule has 0 bridgehead atoms. The molecule has 1 N–H and O–H groups in total. The molecule has 0 aliphatic rings. The first-order valence-corrected chi connectivity index (χ1v) is 27.7. The van der Waals surface area contributed by atoms with E-state index in [0.29, 0.717) is 23.9 Å². The average molecular weight is 989 g/mol. The molecule has 2 atom stereocenters. The van der Waals surface area contributed by atoms with Gasteiger partial charge in [0.25, 0.3) is 6.29 Å². The number of quaternary nitrogens is 1. The molecule has 9 nitrogen and oxygen atoms in total. The SMILES string of the molecule is CC/C=C\C/C=C\C/C=C\C/C=C\C/C=C\CCCCCCCCCCCCCCCCCC(=O)OC(COC(=O)C/C=C\C/C=C\C/C=C\C/C=C\C/C=C\CC)COC(OCC[N+](C)(C)C)C(=O)O. The van der Waals surface area contributed by atoms with Gasteiger partial charge in [-0.2, -0.15) is 0 Å². The molecule has 0 aromatic rings. The minimum atomic E-state index is -1.54. The fraction of sp³-hybridized carbons (Fsp3) is 0.629. The molecule has 0 aromatic carbocycles. The number of carboxylic acids is 1. The van der Waals surface area contributed by atoms with Crippen molar-refractivity contribution in [1.82, 2.24) is 0 Å². The van der Waals surface area contributed by atoms with Crippen molar-refractivity contribution in [2.24, 2.45) is 0 Å². The number of hydrogen-bond donors (Lipinski definition) is 1. The summed E-state index contributed by atoms with van der Waals surface area (Å²) in [6.07, 6.45) is 70.3. The smallest absolute Gasteiger partial charge is 0.361 e. The van der Waals surface area contributed by atoms with Gasteiger partial charge in [0, 0.05) is 6.42 Å². The Bertz CT molecular complexity index is 1570. The van der Waals surface area contributed by atoms with Crippen molar-refractivity contribution < 1.29 is 42.9 Å². The van der Waals surface area contributed by atoms with Gasteiger partial charge in [-0.05, 0) is 83.5 Å². The number of allylic oxidation sites excluding steroid dienone is 19. The van der Waals surface area contributed by atoms with Gasteiger partial charge in [0.2, 0.25) is 0 Å². The zero-order valence-corrected chi connectivity index (χ0v) is 45.6. The topological polar surface area (TPSA) is 108 Å². The van der Waals surface area contributed by atoms with Gasteiger partial charge in [0.15, 0.2) is 6.10 Å². The Morgan fingerprint density at radius 2 is 0.803 bits per heavy atom. The fourth-order valence-electron chi connectivity index (χ4n) is 7.05. The molecule has 0 saturated carbocycles. The Balaban J connectivity index is 4.26. The lowest BCUT2D eigenvalue weighted by molar-refractivity contribution is -0.870. The molecule has 9 heteroatoms. The van der Waals surface area contributed by atoms with Crippen molar-refractivity contribution in [3.05, 3.63) is 122 Å². The van der Waals surface area contributed by atoms with E-state index >= 15 is 0 Å². The highest BCUT2D eigenvalue weighted by Crippen LogP contribution is 2.15. The summed E-state index contributed by atoms with van der Waals surface area (Å²) >= 11 is 0. The molecule has 0 saturated heterocycles. The molecular formula is C62H102NO8+. The lowest BCUT2D eigenvalue weighted by Crippen LogP contribution is -2.40. The summed E-state index contributed by atoms with van der Waals surface area (Å²) in [7, 11) is 5.93. The van der Waals surface area contributed by atoms with Gasteiger partial charge < -0.3 is 28.5 Å². The van der Waals surface area contributed by atoms with E-state index < -0.39 is 30.3 Å². The number of hydrogen-bond acceptors (Lipinski definition) is 7. The van der Waals surface area contributed by atoms with Gasteiger partial charge in [-0.15, -0.1) is 0 Å². The number of likely N-dealkylation sites (N-methyl/N-ethyl adjacent to an activating group) is 1. The summed E-state index contributed by atoms with van der Waals surface area (Å²) in [4.78, 5) is 37.3. The van der Waals surface area contributed by atoms with E-state index in [0.717, 1.165) is 77.0 Å². The molecular weight excluding hydrogens is 887 g/mol. The Morgan fingerprint density at radius 3 is 1.20 bits per heavy atom. The van der Waals surface area contributed by atoms with Gasteiger partial charge >= 0.3 is 17.9 Å². The number of carboxylic acid groups (broad SMARTS) is 1. The minimum Gasteiger partial charge on any atom is -0.477 e. The quantitative estimate of drug-likeness (QED) is 0.0211. The van der Waals surface area contributed by atoms with Crippen molar-refractivity contribution in [3.63, 3.8) is 0 Å². The van der Waals surface area contributed by atoms with Crippen molar-refractivity contribution in [2.75, 3.05) is 47.5 Å². The van der Waals surface area contributed by atoms with Crippen LogP contribution in [0.3, 0.4) is 0 Å². The van der Waals surface area contributed by atoms with Crippen molar-refractivity contribution in [1.29, 1.82) is 0 Å². The number of nitrogens with zero attached hydrogens (tertiary/aromatic N) is 1. The van der Waals surface area contributed by atoms with Crippen molar-refractivity contribution in [2.45, 2.75) is 206 Å². The summed E-state index contributed by atoms with van der Waals surface area (Å²) in [5.74, 6) is -2.18. The van der Waals surface area contributed by atoms with Crippen LogP contribution in [-0.2, 0) is 33.3 Å². The summed E-state index contributed by atoms with van der Waals surface area (Å²) in [5, 5.41) is 9.68. The first-order valence-electron chi connectivity index (χ1n) is 27.7. The fourth-order valence-corrected chi connectivity index (χ4v) is 7.05. The van der Waals surface area contributed by atoms with Crippen LogP contribution < -0.4 is 0 Å². The Kier molecular flexibility index (Phi) is 48.9. The summed E-state index contributed by atoms with van der Waals surface area (Å²) < 4.78 is 22.7. The number of carbonyl (C=O) groups excluding carboxylic acids is 2. The number of rotatable bonds is 49. The van der Waals surface area contributed by atoms with E-state index in [1.54, 1.807) is 6.08 Å². The summed E-state index contributed by atoms with van der Waals surface area (Å²) in [6.45, 7) is 4.52. The van der Waals surface area contributed by atoms with Crippen LogP contribution in [0, 0.1) is 0 Å². The van der Waals surface area contributed by atoms with E-state index in [-0.39, 0.29) is 32.7 Å². The highest BCUT2D eigenvalue weighted by Gasteiger charge is 2.25. The molecule has 2 unspecified atom stereocenters. The second-order valence-corrected chi connectivity index (χ2v) is 19.1. The maximum atomic E-state index is 12.8. The highest BCUT2D eigenvalue weighted by atomic mass is 16.7. The highest BCUT2D eigenvalue weighted by molar-refractivity contribution is 5.72. The van der Waals surface area contributed by atoms with Crippen LogP contribution in [0.5, 0.6) is 0 Å². The van der Waals surface area contributed by atoms with E-state index in [2.05, 4.69) is 117 Å². The molecule has 0 amide bonds. The molecule has 0 rings (SSSR count). The van der Waals surface area contributed by atoms with E-state index in [1.807, 2.05) is 33.3 Å². The van der Waals surface area contributed by atoms with Crippen LogP contribution in [-0.4, -0.2) is 87.4 Å². The largest absolute Gasteiger partial charge is 0.477 e. The van der Waals surface area contributed by atoms with Gasteiger partial charge in [-0.25, -0.2) is 4.79 Å². The van der Waals surface area contributed by atoms with Gasteiger partial charge in [-0.1, -0.05) is 219 Å². The number of carbonyl (C=O) groups is 3. The van der Waals surface area contributed by atoms with Crippen molar-refractivity contribution in [3.8, 4) is 0 Å². The number of aliphatic carboxylic acids is 1. The molecule has 0 aliphatic heterocycles. The predicted octanol–water partition coefficient (Wildman–Crippen LogP) is 16.1. The average Bonchev–Trinajstić information content (AvgIpc) is 3.34. The second kappa shape index (κ2) is 52.0.